The summed E-state index contributed by atoms with van der Waals surface area (Å²) in [5.74, 6) is -4.29. The van der Waals surface area contributed by atoms with Crippen LogP contribution in [0.5, 0.6) is 0 Å². The fourth-order valence-corrected chi connectivity index (χ4v) is 4.06. The van der Waals surface area contributed by atoms with Crippen LogP contribution in [-0.2, 0) is 29.7 Å². The molecule has 1 aromatic rings. The fraction of sp³-hybridized carbons (Fsp3) is 0.368. The summed E-state index contributed by atoms with van der Waals surface area (Å²) in [5, 5.41) is 2.44. The van der Waals surface area contributed by atoms with Crippen molar-refractivity contribution in [2.24, 2.45) is 17.2 Å². The summed E-state index contributed by atoms with van der Waals surface area (Å²) < 4.78 is 0. The van der Waals surface area contributed by atoms with Gasteiger partial charge in [-0.25, -0.2) is 0 Å². The molecule has 0 fully saturated rings. The molecule has 0 aliphatic carbocycles. The molecule has 2 rings (SSSR count). The zero-order valence-corrected chi connectivity index (χ0v) is 17.9. The number of carbonyl (C=O) groups excluding carboxylic acids is 6. The lowest BCUT2D eigenvalue weighted by Crippen LogP contribution is -2.53. The average molecular weight is 465 g/mol. The number of amides is 6. The lowest BCUT2D eigenvalue weighted by Gasteiger charge is -2.27. The van der Waals surface area contributed by atoms with Crippen molar-refractivity contribution in [3.8, 4) is 0 Å². The zero-order valence-electron chi connectivity index (χ0n) is 17.1. The highest BCUT2D eigenvalue weighted by molar-refractivity contribution is 7.98. The van der Waals surface area contributed by atoms with Crippen molar-refractivity contribution in [1.29, 1.82) is 0 Å². The van der Waals surface area contributed by atoms with Gasteiger partial charge in [0.15, 0.2) is 0 Å². The molecule has 1 aromatic carbocycles. The van der Waals surface area contributed by atoms with Crippen LogP contribution in [0.2, 0.25) is 0 Å². The van der Waals surface area contributed by atoms with Gasteiger partial charge < -0.3 is 32.3 Å². The molecule has 0 saturated heterocycles. The molecule has 1 aliphatic rings. The van der Waals surface area contributed by atoms with Crippen LogP contribution in [0.3, 0.4) is 0 Å². The molecule has 7 N–H and O–H groups in total. The van der Waals surface area contributed by atoms with Crippen LogP contribution >= 0.6 is 11.8 Å². The van der Waals surface area contributed by atoms with Crippen molar-refractivity contribution in [1.82, 2.24) is 15.1 Å². The molecule has 0 spiro atoms. The van der Waals surface area contributed by atoms with Crippen LogP contribution in [0, 0.1) is 0 Å². The lowest BCUT2D eigenvalue weighted by atomic mass is 10.1. The van der Waals surface area contributed by atoms with Gasteiger partial charge in [-0.3, -0.25) is 28.8 Å². The van der Waals surface area contributed by atoms with E-state index in [9.17, 15) is 28.8 Å². The third-order valence-electron chi connectivity index (χ3n) is 4.46. The smallest absolute Gasteiger partial charge is 0.255 e. The highest BCUT2D eigenvalue weighted by Crippen LogP contribution is 2.19. The molecule has 13 heteroatoms. The minimum Gasteiger partial charge on any atom is -0.368 e. The summed E-state index contributed by atoms with van der Waals surface area (Å²) in [7, 11) is 0. The molecule has 1 unspecified atom stereocenters. The van der Waals surface area contributed by atoms with Crippen LogP contribution in [-0.4, -0.2) is 83.2 Å². The van der Waals surface area contributed by atoms with Crippen LogP contribution in [0.15, 0.2) is 24.3 Å². The molecule has 172 valence electrons. The van der Waals surface area contributed by atoms with E-state index < -0.39 is 67.7 Å². The Morgan fingerprint density at radius 3 is 2.22 bits per heavy atom. The topological polar surface area (TPSA) is 199 Å². The first-order valence-electron chi connectivity index (χ1n) is 9.46. The van der Waals surface area contributed by atoms with Gasteiger partial charge in [0, 0.05) is 17.1 Å². The molecule has 6 amide bonds. The maximum atomic E-state index is 13.1. The summed E-state index contributed by atoms with van der Waals surface area (Å²) in [6.07, 6.45) is 0. The number of hydrogen-bond acceptors (Lipinski definition) is 7. The molecule has 1 atom stereocenters. The predicted octanol–water partition coefficient (Wildman–Crippen LogP) is -2.86. The van der Waals surface area contributed by atoms with E-state index in [4.69, 9.17) is 17.2 Å². The van der Waals surface area contributed by atoms with E-state index in [-0.39, 0.29) is 11.3 Å². The molecular weight excluding hydrogens is 440 g/mol. The number of primary amides is 3. The van der Waals surface area contributed by atoms with E-state index in [2.05, 4.69) is 5.32 Å². The predicted molar refractivity (Wildman–Crippen MR) is 115 cm³/mol. The Morgan fingerprint density at radius 2 is 1.59 bits per heavy atom. The van der Waals surface area contributed by atoms with Gasteiger partial charge in [-0.15, -0.1) is 0 Å². The number of thioether (sulfide) groups is 1. The molecule has 0 saturated carbocycles. The van der Waals surface area contributed by atoms with Crippen LogP contribution in [0.25, 0.3) is 0 Å². The highest BCUT2D eigenvalue weighted by Gasteiger charge is 2.28. The summed E-state index contributed by atoms with van der Waals surface area (Å²) >= 11 is 1.26. The quantitative estimate of drug-likeness (QED) is 0.359. The summed E-state index contributed by atoms with van der Waals surface area (Å²) in [6.45, 7) is -2.39. The van der Waals surface area contributed by atoms with Gasteiger partial charge in [-0.1, -0.05) is 18.2 Å². The maximum Gasteiger partial charge on any atom is 0.255 e. The largest absolute Gasteiger partial charge is 0.368 e. The molecular formula is C19H24N6O6S. The van der Waals surface area contributed by atoms with Gasteiger partial charge in [0.25, 0.3) is 5.91 Å². The molecule has 12 nitrogen and oxygen atoms in total. The van der Waals surface area contributed by atoms with Crippen molar-refractivity contribution in [2.45, 2.75) is 11.8 Å². The minimum absolute atomic E-state index is 0.109. The number of nitrogens with one attached hydrogen (secondary N) is 1. The molecule has 1 aliphatic heterocycles. The van der Waals surface area contributed by atoms with E-state index >= 15 is 0 Å². The first-order chi connectivity index (χ1) is 15.1. The van der Waals surface area contributed by atoms with Crippen molar-refractivity contribution < 1.29 is 28.8 Å². The van der Waals surface area contributed by atoms with E-state index in [1.807, 2.05) is 0 Å². The SMILES string of the molecule is NC(=O)CN1CC(=O)NC(C(N)=O)CSCc2ccccc2C(=O)N(CC(N)=O)CC1=O. The van der Waals surface area contributed by atoms with Crippen molar-refractivity contribution in [3.63, 3.8) is 0 Å². The molecule has 32 heavy (non-hydrogen) atoms. The number of fused-ring (bicyclic) bond motifs is 1. The summed E-state index contributed by atoms with van der Waals surface area (Å²) in [4.78, 5) is 74.8. The molecule has 0 aromatic heterocycles. The van der Waals surface area contributed by atoms with E-state index in [1.165, 1.54) is 17.8 Å². The van der Waals surface area contributed by atoms with Crippen LogP contribution in [0.1, 0.15) is 15.9 Å². The number of hydrogen-bond donors (Lipinski definition) is 4. The number of nitrogens with zero attached hydrogens (tertiary/aromatic N) is 2. The zero-order chi connectivity index (χ0) is 23.8. The second kappa shape index (κ2) is 11.1. The van der Waals surface area contributed by atoms with Gasteiger partial charge in [0.1, 0.15) is 25.7 Å². The Balaban J connectivity index is 2.46. The van der Waals surface area contributed by atoms with Crippen molar-refractivity contribution >= 4 is 47.2 Å². The van der Waals surface area contributed by atoms with Gasteiger partial charge >= 0.3 is 0 Å². The Bertz CT molecular complexity index is 939. The second-order valence-electron chi connectivity index (χ2n) is 7.04. The number of benzene rings is 1. The third kappa shape index (κ3) is 6.97. The molecule has 0 bridgehead atoms. The Hall–Kier alpha value is -3.61. The highest BCUT2D eigenvalue weighted by atomic mass is 32.2. The van der Waals surface area contributed by atoms with E-state index in [0.717, 1.165) is 9.80 Å². The number of rotatable bonds is 5. The van der Waals surface area contributed by atoms with Crippen LogP contribution < -0.4 is 22.5 Å². The lowest BCUT2D eigenvalue weighted by molar-refractivity contribution is -0.140. The van der Waals surface area contributed by atoms with Gasteiger partial charge in [0.05, 0.1) is 6.54 Å². The Labute approximate surface area is 187 Å². The standard InChI is InChI=1S/C19H24N6O6S/c20-14(26)5-24-7-16(28)23-13(18(22)30)10-32-9-11-3-1-2-4-12(11)19(31)25(6-15(21)27)8-17(24)29/h1-4,13H,5-10H2,(H2,20,26)(H2,21,27)(H2,22,30)(H,23,28). The second-order valence-corrected chi connectivity index (χ2v) is 8.07. The monoisotopic (exact) mass is 464 g/mol. The average Bonchev–Trinajstić information content (AvgIpc) is 2.70. The van der Waals surface area contributed by atoms with Crippen molar-refractivity contribution in [3.05, 3.63) is 35.4 Å². The van der Waals surface area contributed by atoms with Gasteiger partial charge in [-0.05, 0) is 11.6 Å². The van der Waals surface area contributed by atoms with Gasteiger partial charge in [-0.2, -0.15) is 11.8 Å². The van der Waals surface area contributed by atoms with E-state index in [1.54, 1.807) is 18.2 Å². The number of carbonyl (C=O) groups is 6. The van der Waals surface area contributed by atoms with Crippen molar-refractivity contribution in [2.75, 3.05) is 31.9 Å². The third-order valence-corrected chi connectivity index (χ3v) is 5.55. The van der Waals surface area contributed by atoms with E-state index in [0.29, 0.717) is 11.3 Å². The van der Waals surface area contributed by atoms with Crippen LogP contribution in [0.4, 0.5) is 0 Å². The van der Waals surface area contributed by atoms with Gasteiger partial charge in [0.2, 0.25) is 29.5 Å². The normalized spacial score (nSPS) is 18.4. The first-order valence-corrected chi connectivity index (χ1v) is 10.6. The fourth-order valence-electron chi connectivity index (χ4n) is 2.99. The maximum absolute atomic E-state index is 13.1. The summed E-state index contributed by atoms with van der Waals surface area (Å²) in [6, 6.07) is 5.53. The summed E-state index contributed by atoms with van der Waals surface area (Å²) in [5.41, 5.74) is 16.6. The Kier molecular flexibility index (Phi) is 8.58. The molecule has 1 heterocycles. The molecule has 0 radical (unpaired) electrons. The first kappa shape index (κ1) is 24.7. The minimum atomic E-state index is -1.03. The Morgan fingerprint density at radius 1 is 0.969 bits per heavy atom. The number of nitrogens with two attached hydrogens (primary N) is 3.